The number of carbonyl (C=O) groups is 1. The molecule has 2 aromatic heterocycles. The summed E-state index contributed by atoms with van der Waals surface area (Å²) in [6.07, 6.45) is 2.55. The summed E-state index contributed by atoms with van der Waals surface area (Å²) in [5.41, 5.74) is 2.84. The van der Waals surface area contributed by atoms with Gasteiger partial charge in [-0.1, -0.05) is 6.92 Å². The maximum Gasteiger partial charge on any atom is 0.303 e. The van der Waals surface area contributed by atoms with Gasteiger partial charge in [0, 0.05) is 23.2 Å². The van der Waals surface area contributed by atoms with E-state index in [0.717, 1.165) is 10.9 Å². The highest BCUT2D eigenvalue weighted by molar-refractivity contribution is 7.89. The van der Waals surface area contributed by atoms with Gasteiger partial charge in [-0.25, -0.2) is 13.1 Å². The number of nitrogens with one attached hydrogen (secondary N) is 1. The average Bonchev–Trinajstić information content (AvgIpc) is 3.21. The Hall–Kier alpha value is -2.16. The van der Waals surface area contributed by atoms with Gasteiger partial charge in [0.05, 0.1) is 11.2 Å². The van der Waals surface area contributed by atoms with Gasteiger partial charge in [-0.2, -0.15) is 0 Å². The van der Waals surface area contributed by atoms with Crippen LogP contribution in [-0.2, 0) is 21.2 Å². The molecule has 6 nitrogen and oxygen atoms in total. The lowest BCUT2D eigenvalue weighted by Crippen LogP contribution is -2.25. The number of thiophene rings is 1. The molecule has 0 bridgehead atoms. The van der Waals surface area contributed by atoms with Gasteiger partial charge < -0.3 is 9.52 Å². The lowest BCUT2D eigenvalue weighted by atomic mass is 10.2. The molecule has 0 unspecified atom stereocenters. The molecule has 0 aliphatic rings. The lowest BCUT2D eigenvalue weighted by Gasteiger charge is -2.06. The first-order valence-electron chi connectivity index (χ1n) is 8.46. The Labute approximate surface area is 162 Å². The zero-order valence-corrected chi connectivity index (χ0v) is 17.1. The fourth-order valence-electron chi connectivity index (χ4n) is 2.32. The fourth-order valence-corrected chi connectivity index (χ4v) is 4.25. The Morgan fingerprint density at radius 2 is 1.96 bits per heavy atom. The van der Waals surface area contributed by atoms with E-state index in [1.165, 1.54) is 10.4 Å². The normalized spacial score (nSPS) is 11.2. The monoisotopic (exact) mass is 409 g/mol. The van der Waals surface area contributed by atoms with E-state index in [4.69, 9.17) is 9.52 Å². The quantitative estimate of drug-likeness (QED) is 0.638. The summed E-state index contributed by atoms with van der Waals surface area (Å²) in [6, 6.07) is 7.01. The number of rotatable bonds is 6. The number of carboxylic acid groups (broad SMARTS) is 1. The summed E-state index contributed by atoms with van der Waals surface area (Å²) in [5.74, 6) is -0.745. The van der Waals surface area contributed by atoms with Crippen LogP contribution < -0.4 is 4.72 Å². The topological polar surface area (TPSA) is 96.6 Å². The molecular weight excluding hydrogens is 386 g/mol. The number of fused-ring (bicyclic) bond motifs is 1. The third-order valence-corrected chi connectivity index (χ3v) is 6.37. The molecule has 0 spiro atoms. The van der Waals surface area contributed by atoms with E-state index in [1.807, 2.05) is 13.8 Å². The minimum atomic E-state index is -3.50. The third-order valence-electron chi connectivity index (χ3n) is 3.80. The van der Waals surface area contributed by atoms with Gasteiger partial charge in [-0.15, -0.1) is 11.3 Å². The first-order chi connectivity index (χ1) is 12.7. The Morgan fingerprint density at radius 3 is 2.56 bits per heavy atom. The van der Waals surface area contributed by atoms with Crippen LogP contribution in [0.15, 0.2) is 45.2 Å². The van der Waals surface area contributed by atoms with Crippen LogP contribution >= 0.6 is 11.3 Å². The average molecular weight is 410 g/mol. The first-order valence-corrected chi connectivity index (χ1v) is 10.8. The summed E-state index contributed by atoms with van der Waals surface area (Å²) in [6.45, 7) is 5.93. The van der Waals surface area contributed by atoms with E-state index in [2.05, 4.69) is 16.2 Å². The SMILES string of the molecule is CCC(=O)O.Cc1csc(CCNS(=O)(=O)c2ccc3occ(C)c3c2)c1. The second-order valence-corrected chi connectivity index (χ2v) is 8.82. The van der Waals surface area contributed by atoms with Crippen LogP contribution in [0.2, 0.25) is 0 Å². The van der Waals surface area contributed by atoms with Crippen molar-refractivity contribution in [2.24, 2.45) is 0 Å². The molecular formula is C19H23NO5S2. The molecule has 2 heterocycles. The predicted molar refractivity (Wildman–Crippen MR) is 107 cm³/mol. The molecule has 146 valence electrons. The summed E-state index contributed by atoms with van der Waals surface area (Å²) in [7, 11) is -3.50. The summed E-state index contributed by atoms with van der Waals surface area (Å²) in [5, 5.41) is 10.6. The van der Waals surface area contributed by atoms with Crippen molar-refractivity contribution < 1.29 is 22.7 Å². The number of hydrogen-bond acceptors (Lipinski definition) is 5. The zero-order chi connectivity index (χ0) is 20.0. The molecule has 0 fully saturated rings. The predicted octanol–water partition coefficient (Wildman–Crippen LogP) is 4.11. The molecule has 1 aromatic carbocycles. The van der Waals surface area contributed by atoms with Crippen molar-refractivity contribution in [3.05, 3.63) is 51.9 Å². The number of aryl methyl sites for hydroxylation is 2. The number of carboxylic acids is 1. The zero-order valence-electron chi connectivity index (χ0n) is 15.5. The van der Waals surface area contributed by atoms with Crippen LogP contribution in [0, 0.1) is 13.8 Å². The summed E-state index contributed by atoms with van der Waals surface area (Å²) >= 11 is 1.65. The molecule has 0 aliphatic heterocycles. The van der Waals surface area contributed by atoms with Gasteiger partial charge >= 0.3 is 5.97 Å². The molecule has 27 heavy (non-hydrogen) atoms. The molecule has 0 amide bonds. The Balaban J connectivity index is 0.000000465. The first kappa shape index (κ1) is 21.1. The maximum atomic E-state index is 12.4. The molecule has 0 radical (unpaired) electrons. The minimum Gasteiger partial charge on any atom is -0.481 e. The molecule has 8 heteroatoms. The van der Waals surface area contributed by atoms with Crippen LogP contribution in [0.25, 0.3) is 11.0 Å². The minimum absolute atomic E-state index is 0.222. The Kier molecular flexibility index (Phi) is 7.18. The van der Waals surface area contributed by atoms with Crippen LogP contribution in [-0.4, -0.2) is 26.0 Å². The second-order valence-electron chi connectivity index (χ2n) is 6.06. The van der Waals surface area contributed by atoms with E-state index < -0.39 is 16.0 Å². The van der Waals surface area contributed by atoms with E-state index >= 15 is 0 Å². The van der Waals surface area contributed by atoms with Gasteiger partial charge in [0.25, 0.3) is 0 Å². The summed E-state index contributed by atoms with van der Waals surface area (Å²) in [4.78, 5) is 10.8. The van der Waals surface area contributed by atoms with Gasteiger partial charge in [-0.05, 0) is 61.0 Å². The van der Waals surface area contributed by atoms with Gasteiger partial charge in [0.1, 0.15) is 5.58 Å². The van der Waals surface area contributed by atoms with Crippen molar-refractivity contribution in [2.45, 2.75) is 38.5 Å². The van der Waals surface area contributed by atoms with E-state index in [-0.39, 0.29) is 11.3 Å². The number of sulfonamides is 1. The van der Waals surface area contributed by atoms with Crippen molar-refractivity contribution in [1.29, 1.82) is 0 Å². The molecule has 3 aromatic rings. The number of furan rings is 1. The molecule has 0 saturated heterocycles. The Bertz CT molecular complexity index is 1020. The standard InChI is InChI=1S/C16H17NO3S2.C3H6O2/c1-11-7-13(21-10-11)5-6-17-22(18,19)14-3-4-16-15(8-14)12(2)9-20-16;1-2-3(4)5/h3-4,7-10,17H,5-6H2,1-2H3;2H2,1H3,(H,4,5). The molecule has 0 aliphatic carbocycles. The van der Waals surface area contributed by atoms with Crippen molar-refractivity contribution in [2.75, 3.05) is 6.54 Å². The largest absolute Gasteiger partial charge is 0.481 e. The van der Waals surface area contributed by atoms with Crippen molar-refractivity contribution in [1.82, 2.24) is 4.72 Å². The van der Waals surface area contributed by atoms with Gasteiger partial charge in [-0.3, -0.25) is 4.79 Å². The number of benzene rings is 1. The third kappa shape index (κ3) is 5.92. The Morgan fingerprint density at radius 1 is 1.26 bits per heavy atom. The molecule has 2 N–H and O–H groups in total. The molecule has 0 atom stereocenters. The van der Waals surface area contributed by atoms with Crippen molar-refractivity contribution in [3.8, 4) is 0 Å². The van der Waals surface area contributed by atoms with Crippen LogP contribution in [0.5, 0.6) is 0 Å². The van der Waals surface area contributed by atoms with Crippen molar-refractivity contribution >= 4 is 38.3 Å². The molecule has 3 rings (SSSR count). The van der Waals surface area contributed by atoms with Crippen LogP contribution in [0.4, 0.5) is 0 Å². The van der Waals surface area contributed by atoms with E-state index in [0.29, 0.717) is 18.5 Å². The number of hydrogen-bond donors (Lipinski definition) is 2. The smallest absolute Gasteiger partial charge is 0.303 e. The highest BCUT2D eigenvalue weighted by Gasteiger charge is 2.15. The highest BCUT2D eigenvalue weighted by Crippen LogP contribution is 2.23. The molecule has 0 saturated carbocycles. The van der Waals surface area contributed by atoms with Crippen LogP contribution in [0.3, 0.4) is 0 Å². The van der Waals surface area contributed by atoms with Gasteiger partial charge in [0.2, 0.25) is 10.0 Å². The second kappa shape index (κ2) is 9.16. The van der Waals surface area contributed by atoms with E-state index in [9.17, 15) is 13.2 Å². The van der Waals surface area contributed by atoms with Crippen molar-refractivity contribution in [3.63, 3.8) is 0 Å². The maximum absolute atomic E-state index is 12.4. The highest BCUT2D eigenvalue weighted by atomic mass is 32.2. The lowest BCUT2D eigenvalue weighted by molar-refractivity contribution is -0.136. The van der Waals surface area contributed by atoms with Crippen LogP contribution in [0.1, 0.15) is 29.3 Å². The number of aliphatic carboxylic acids is 1. The van der Waals surface area contributed by atoms with Gasteiger partial charge in [0.15, 0.2) is 0 Å². The fraction of sp³-hybridized carbons (Fsp3) is 0.316. The summed E-state index contributed by atoms with van der Waals surface area (Å²) < 4.78 is 32.7. The van der Waals surface area contributed by atoms with E-state index in [1.54, 1.807) is 42.7 Å².